The number of carbonyl (C=O) groups is 2. The molecule has 0 aliphatic carbocycles. The summed E-state index contributed by atoms with van der Waals surface area (Å²) in [5.74, 6) is -1.54. The Balaban J connectivity index is 1.31. The van der Waals surface area contributed by atoms with Crippen LogP contribution in [0.2, 0.25) is 0 Å². The van der Waals surface area contributed by atoms with E-state index >= 15 is 0 Å². The van der Waals surface area contributed by atoms with Crippen molar-refractivity contribution in [2.75, 3.05) is 13.2 Å². The van der Waals surface area contributed by atoms with Crippen LogP contribution in [0.25, 0.3) is 22.3 Å². The van der Waals surface area contributed by atoms with Gasteiger partial charge in [-0.25, -0.2) is 9.59 Å². The number of ether oxygens (including phenoxy) is 2. The van der Waals surface area contributed by atoms with Gasteiger partial charge in [0.1, 0.15) is 0 Å². The summed E-state index contributed by atoms with van der Waals surface area (Å²) in [5, 5.41) is 3.73. The Hall–Kier alpha value is -5.82. The van der Waals surface area contributed by atoms with Crippen molar-refractivity contribution < 1.29 is 28.2 Å². The predicted molar refractivity (Wildman–Crippen MR) is 276 cm³/mol. The van der Waals surface area contributed by atoms with E-state index in [-0.39, 0.29) is 0 Å². The second-order valence-corrected chi connectivity index (χ2v) is 18.7. The third-order valence-corrected chi connectivity index (χ3v) is 13.2. The lowest BCUT2D eigenvalue weighted by molar-refractivity contribution is -0.691. The molecule has 0 bridgehead atoms. The van der Waals surface area contributed by atoms with Crippen molar-refractivity contribution in [3.05, 3.63) is 168 Å². The van der Waals surface area contributed by atoms with Gasteiger partial charge in [0.05, 0.1) is 41.7 Å². The fourth-order valence-electron chi connectivity index (χ4n) is 9.39. The van der Waals surface area contributed by atoms with E-state index in [1.165, 1.54) is 89.9 Å². The lowest BCUT2D eigenvalue weighted by Crippen LogP contribution is -2.45. The SMILES string of the molecule is CCCCCCCCCCCCOC(=O)C1=C(C[n+]2cccc(-c3ccccc3)c2)NC(C[n+]2cccc(-c3ccccc3)c2)=C(C(=O)OCCCCCCCCCCCC)C1c1ccccc1. The van der Waals surface area contributed by atoms with Crippen molar-refractivity contribution >= 4 is 11.9 Å². The van der Waals surface area contributed by atoms with Gasteiger partial charge in [-0.2, -0.15) is 9.13 Å². The molecule has 3 aromatic carbocycles. The fourth-order valence-corrected chi connectivity index (χ4v) is 9.39. The van der Waals surface area contributed by atoms with Crippen LogP contribution in [0.1, 0.15) is 154 Å². The van der Waals surface area contributed by atoms with Crippen LogP contribution < -0.4 is 14.5 Å². The van der Waals surface area contributed by atoms with Crippen LogP contribution in [0, 0.1) is 0 Å². The minimum Gasteiger partial charge on any atom is -0.462 e. The van der Waals surface area contributed by atoms with Crippen LogP contribution in [0.3, 0.4) is 0 Å². The van der Waals surface area contributed by atoms with Crippen molar-refractivity contribution in [3.8, 4) is 22.3 Å². The molecule has 0 saturated carbocycles. The van der Waals surface area contributed by atoms with Gasteiger partial charge >= 0.3 is 11.9 Å². The zero-order valence-corrected chi connectivity index (χ0v) is 41.4. The Labute approximate surface area is 408 Å². The average molecular weight is 918 g/mol. The van der Waals surface area contributed by atoms with Crippen molar-refractivity contribution in [1.29, 1.82) is 0 Å². The lowest BCUT2D eigenvalue weighted by atomic mass is 9.80. The molecule has 3 heterocycles. The molecule has 1 N–H and O–H groups in total. The molecule has 68 heavy (non-hydrogen) atoms. The molecule has 1 aliphatic rings. The van der Waals surface area contributed by atoms with Gasteiger partial charge < -0.3 is 14.8 Å². The predicted octanol–water partition coefficient (Wildman–Crippen LogP) is 14.1. The summed E-state index contributed by atoms with van der Waals surface area (Å²) < 4.78 is 16.7. The molecule has 0 radical (unpaired) electrons. The standard InChI is InChI=1S/C61H78N3O4/c1-3-5-7-9-11-13-15-17-19-30-44-67-60(65)58-55(48-63-42-32-40-53(46-63)50-34-24-21-25-35-50)62-56(49-64-43-33-41-54(47-64)51-36-26-22-27-37-51)59(57(58)52-38-28-23-29-39-52)61(66)68-45-31-20-18-16-14-12-10-8-6-4-2/h21-29,32-43,46-47,57H,3-20,30-31,44-45,48-49H2,1-2H3/q+1/p+1. The van der Waals surface area contributed by atoms with Gasteiger partial charge in [-0.3, -0.25) is 0 Å². The third kappa shape index (κ3) is 16.7. The first-order chi connectivity index (χ1) is 33.6. The van der Waals surface area contributed by atoms with Gasteiger partial charge in [-0.1, -0.05) is 220 Å². The largest absolute Gasteiger partial charge is 0.462 e. The van der Waals surface area contributed by atoms with Crippen molar-refractivity contribution in [2.45, 2.75) is 161 Å². The number of benzene rings is 3. The number of unbranched alkanes of at least 4 members (excludes halogenated alkanes) is 18. The highest BCUT2D eigenvalue weighted by Crippen LogP contribution is 2.40. The summed E-state index contributed by atoms with van der Waals surface area (Å²) in [5.41, 5.74) is 7.46. The second-order valence-electron chi connectivity index (χ2n) is 18.7. The Kier molecular flexibility index (Phi) is 22.6. The fraction of sp³-hybridized carbons (Fsp3) is 0.443. The molecule has 0 amide bonds. The van der Waals surface area contributed by atoms with Gasteiger partial charge in [0.25, 0.3) is 0 Å². The first kappa shape index (κ1) is 51.6. The summed E-state index contributed by atoms with van der Waals surface area (Å²) in [4.78, 5) is 29.8. The molecule has 0 unspecified atom stereocenters. The maximum atomic E-state index is 14.9. The molecule has 1 aliphatic heterocycles. The molecule has 2 aromatic heterocycles. The molecule has 0 fully saturated rings. The Morgan fingerprint density at radius 2 is 0.765 bits per heavy atom. The van der Waals surface area contributed by atoms with Gasteiger partial charge in [-0.15, -0.1) is 0 Å². The van der Waals surface area contributed by atoms with E-state index in [0.717, 1.165) is 66.3 Å². The number of hydrogen-bond donors (Lipinski definition) is 1. The molecule has 0 atom stereocenters. The summed E-state index contributed by atoms with van der Waals surface area (Å²) in [6.07, 6.45) is 32.2. The zero-order chi connectivity index (χ0) is 47.4. The van der Waals surface area contributed by atoms with E-state index in [2.05, 4.69) is 77.1 Å². The van der Waals surface area contributed by atoms with Crippen molar-refractivity contribution in [3.63, 3.8) is 0 Å². The summed E-state index contributed by atoms with van der Waals surface area (Å²) in [6, 6.07) is 38.9. The number of nitrogens with one attached hydrogen (secondary N) is 1. The molecule has 6 rings (SSSR count). The van der Waals surface area contributed by atoms with Crippen molar-refractivity contribution in [2.24, 2.45) is 0 Å². The number of nitrogens with zero attached hydrogens (tertiary/aromatic N) is 2. The van der Waals surface area contributed by atoms with Crippen molar-refractivity contribution in [1.82, 2.24) is 5.32 Å². The number of dihydropyridines is 1. The quantitative estimate of drug-likeness (QED) is 0.0272. The molecule has 360 valence electrons. The van der Waals surface area contributed by atoms with E-state index in [4.69, 9.17) is 9.47 Å². The minimum absolute atomic E-state index is 0.321. The van der Waals surface area contributed by atoms with Gasteiger partial charge in [0, 0.05) is 23.3 Å². The molecule has 7 nitrogen and oxygen atoms in total. The number of rotatable bonds is 31. The third-order valence-electron chi connectivity index (χ3n) is 13.2. The maximum Gasteiger partial charge on any atom is 0.337 e. The van der Waals surface area contributed by atoms with Crippen LogP contribution in [-0.4, -0.2) is 25.2 Å². The highest BCUT2D eigenvalue weighted by atomic mass is 16.5. The van der Waals surface area contributed by atoms with Crippen LogP contribution in [0.5, 0.6) is 0 Å². The number of carbonyl (C=O) groups excluding carboxylic acids is 2. The van der Waals surface area contributed by atoms with Gasteiger partial charge in [-0.05, 0) is 41.7 Å². The Morgan fingerprint density at radius 3 is 1.15 bits per heavy atom. The summed E-state index contributed by atoms with van der Waals surface area (Å²) in [6.45, 7) is 5.86. The average Bonchev–Trinajstić information content (AvgIpc) is 3.38. The smallest absolute Gasteiger partial charge is 0.337 e. The van der Waals surface area contributed by atoms with E-state index in [0.29, 0.717) is 48.8 Å². The van der Waals surface area contributed by atoms with E-state index in [1.807, 2.05) is 91.3 Å². The number of pyridine rings is 2. The van der Waals surface area contributed by atoms with Gasteiger partial charge in [0.15, 0.2) is 37.9 Å². The first-order valence-electron chi connectivity index (χ1n) is 26.3. The Morgan fingerprint density at radius 1 is 0.426 bits per heavy atom. The summed E-state index contributed by atoms with van der Waals surface area (Å²) >= 11 is 0. The monoisotopic (exact) mass is 918 g/mol. The lowest BCUT2D eigenvalue weighted by Gasteiger charge is -2.31. The van der Waals surface area contributed by atoms with E-state index in [9.17, 15) is 9.59 Å². The van der Waals surface area contributed by atoms with E-state index in [1.54, 1.807) is 0 Å². The molecule has 0 spiro atoms. The first-order valence-corrected chi connectivity index (χ1v) is 26.3. The normalized spacial score (nSPS) is 12.9. The second kappa shape index (κ2) is 29.8. The van der Waals surface area contributed by atoms with E-state index < -0.39 is 17.9 Å². The topological polar surface area (TPSA) is 72.4 Å². The highest BCUT2D eigenvalue weighted by Gasteiger charge is 2.42. The number of aromatic nitrogens is 2. The van der Waals surface area contributed by atoms with Gasteiger partial charge in [0.2, 0.25) is 0 Å². The van der Waals surface area contributed by atoms with Crippen LogP contribution in [0.4, 0.5) is 0 Å². The molecule has 0 saturated heterocycles. The maximum absolute atomic E-state index is 14.9. The number of hydrogen-bond acceptors (Lipinski definition) is 5. The molecular weight excluding hydrogens is 839 g/mol. The molecule has 7 heteroatoms. The summed E-state index contributed by atoms with van der Waals surface area (Å²) in [7, 11) is 0. The number of allylic oxidation sites excluding steroid dienone is 2. The molecule has 5 aromatic rings. The minimum atomic E-state index is -0.723. The van der Waals surface area contributed by atoms with Crippen LogP contribution in [-0.2, 0) is 32.2 Å². The highest BCUT2D eigenvalue weighted by molar-refractivity contribution is 6.00. The van der Waals surface area contributed by atoms with Crippen LogP contribution >= 0.6 is 0 Å². The Bertz CT molecular complexity index is 2160. The molecular formula is C61H79N3O4+2. The zero-order valence-electron chi connectivity index (χ0n) is 41.4. The number of esters is 2. The van der Waals surface area contributed by atoms with Crippen LogP contribution in [0.15, 0.2) is 163 Å².